The van der Waals surface area contributed by atoms with E-state index >= 15 is 0 Å². The molecule has 5 nitrogen and oxygen atoms in total. The van der Waals surface area contributed by atoms with Gasteiger partial charge in [-0.05, 0) is 36.4 Å². The van der Waals surface area contributed by atoms with Gasteiger partial charge in [0.2, 0.25) is 0 Å². The monoisotopic (exact) mass is 342 g/mol. The van der Waals surface area contributed by atoms with Crippen molar-refractivity contribution in [2.24, 2.45) is 0 Å². The van der Waals surface area contributed by atoms with Crippen LogP contribution in [0.1, 0.15) is 10.4 Å². The standard InChI is InChI=1S/C17H12ClFN4O/c18-13-3-1-2-4-15(13)23-17(24)11-5-7-12(8-6-11)22-16-14(19)9-20-10-21-16/h1-10H,(H,23,24)(H,20,21,22). The third kappa shape index (κ3) is 3.67. The van der Waals surface area contributed by atoms with E-state index in [4.69, 9.17) is 11.6 Å². The Morgan fingerprint density at radius 3 is 2.54 bits per heavy atom. The summed E-state index contributed by atoms with van der Waals surface area (Å²) in [4.78, 5) is 19.6. The Hall–Kier alpha value is -2.99. The van der Waals surface area contributed by atoms with Crippen LogP contribution in [0.15, 0.2) is 61.1 Å². The van der Waals surface area contributed by atoms with Crippen LogP contribution in [0.25, 0.3) is 0 Å². The molecule has 0 aliphatic rings. The van der Waals surface area contributed by atoms with Gasteiger partial charge in [0.05, 0.1) is 16.9 Å². The lowest BCUT2D eigenvalue weighted by Gasteiger charge is -2.09. The van der Waals surface area contributed by atoms with Crippen molar-refractivity contribution in [3.63, 3.8) is 0 Å². The molecule has 0 aliphatic carbocycles. The van der Waals surface area contributed by atoms with Crippen LogP contribution in [0.3, 0.4) is 0 Å². The predicted octanol–water partition coefficient (Wildman–Crippen LogP) is 4.27. The lowest BCUT2D eigenvalue weighted by molar-refractivity contribution is 0.102. The van der Waals surface area contributed by atoms with E-state index in [1.807, 2.05) is 0 Å². The molecule has 3 aromatic rings. The number of halogens is 2. The minimum absolute atomic E-state index is 0.0678. The number of carbonyl (C=O) groups is 1. The minimum atomic E-state index is -0.557. The Kier molecular flexibility index (Phi) is 4.67. The summed E-state index contributed by atoms with van der Waals surface area (Å²) in [5.41, 5.74) is 1.58. The van der Waals surface area contributed by atoms with Gasteiger partial charge in [0, 0.05) is 11.3 Å². The Labute approximate surface area is 142 Å². The molecule has 0 spiro atoms. The molecule has 120 valence electrons. The molecule has 0 saturated carbocycles. The zero-order valence-electron chi connectivity index (χ0n) is 12.3. The van der Waals surface area contributed by atoms with Crippen LogP contribution in [0, 0.1) is 5.82 Å². The van der Waals surface area contributed by atoms with Gasteiger partial charge in [-0.2, -0.15) is 0 Å². The molecular weight excluding hydrogens is 331 g/mol. The molecule has 0 atom stereocenters. The maximum absolute atomic E-state index is 13.5. The lowest BCUT2D eigenvalue weighted by Crippen LogP contribution is -2.12. The highest BCUT2D eigenvalue weighted by Crippen LogP contribution is 2.22. The first-order valence-corrected chi connectivity index (χ1v) is 7.40. The molecular formula is C17H12ClFN4O. The SMILES string of the molecule is O=C(Nc1ccccc1Cl)c1ccc(Nc2ncncc2F)cc1. The second kappa shape index (κ2) is 7.06. The van der Waals surface area contributed by atoms with E-state index in [9.17, 15) is 9.18 Å². The maximum Gasteiger partial charge on any atom is 0.255 e. The van der Waals surface area contributed by atoms with Crippen LogP contribution in [0.5, 0.6) is 0 Å². The van der Waals surface area contributed by atoms with Crippen molar-refractivity contribution < 1.29 is 9.18 Å². The highest BCUT2D eigenvalue weighted by Gasteiger charge is 2.09. The highest BCUT2D eigenvalue weighted by molar-refractivity contribution is 6.33. The molecule has 0 bridgehead atoms. The van der Waals surface area contributed by atoms with Crippen molar-refractivity contribution in [3.05, 3.63) is 77.5 Å². The second-order valence-corrected chi connectivity index (χ2v) is 5.26. The van der Waals surface area contributed by atoms with Gasteiger partial charge in [0.1, 0.15) is 6.33 Å². The number of amides is 1. The molecule has 1 amide bonds. The quantitative estimate of drug-likeness (QED) is 0.743. The number of nitrogens with one attached hydrogen (secondary N) is 2. The largest absolute Gasteiger partial charge is 0.338 e. The van der Waals surface area contributed by atoms with E-state index < -0.39 is 5.82 Å². The number of rotatable bonds is 4. The van der Waals surface area contributed by atoms with Crippen LogP contribution in [-0.2, 0) is 0 Å². The fraction of sp³-hybridized carbons (Fsp3) is 0. The van der Waals surface area contributed by atoms with Gasteiger partial charge in [0.15, 0.2) is 11.6 Å². The summed E-state index contributed by atoms with van der Waals surface area (Å²) in [6, 6.07) is 13.5. The van der Waals surface area contributed by atoms with E-state index in [-0.39, 0.29) is 11.7 Å². The number of carbonyl (C=O) groups excluding carboxylic acids is 1. The van der Waals surface area contributed by atoms with Crippen LogP contribution < -0.4 is 10.6 Å². The van der Waals surface area contributed by atoms with Crippen molar-refractivity contribution in [2.75, 3.05) is 10.6 Å². The average molecular weight is 343 g/mol. The number of nitrogens with zero attached hydrogens (tertiary/aromatic N) is 2. The van der Waals surface area contributed by atoms with Crippen LogP contribution in [-0.4, -0.2) is 15.9 Å². The van der Waals surface area contributed by atoms with Crippen LogP contribution in [0.4, 0.5) is 21.6 Å². The second-order valence-electron chi connectivity index (χ2n) is 4.86. The number of aromatic nitrogens is 2. The van der Waals surface area contributed by atoms with E-state index in [1.165, 1.54) is 6.33 Å². The third-order valence-corrected chi connectivity index (χ3v) is 3.53. The van der Waals surface area contributed by atoms with Gasteiger partial charge in [-0.25, -0.2) is 14.4 Å². The molecule has 0 fully saturated rings. The van der Waals surface area contributed by atoms with Gasteiger partial charge in [0.25, 0.3) is 5.91 Å². The normalized spacial score (nSPS) is 10.2. The molecule has 0 unspecified atom stereocenters. The lowest BCUT2D eigenvalue weighted by atomic mass is 10.2. The molecule has 2 aromatic carbocycles. The number of hydrogen-bond donors (Lipinski definition) is 2. The van der Waals surface area contributed by atoms with Gasteiger partial charge >= 0.3 is 0 Å². The zero-order chi connectivity index (χ0) is 16.9. The molecule has 0 saturated heterocycles. The molecule has 1 heterocycles. The smallest absolute Gasteiger partial charge is 0.255 e. The molecule has 0 aliphatic heterocycles. The van der Waals surface area contributed by atoms with Crippen molar-refractivity contribution in [1.82, 2.24) is 9.97 Å². The number of benzene rings is 2. The van der Waals surface area contributed by atoms with Gasteiger partial charge < -0.3 is 10.6 Å². The van der Waals surface area contributed by atoms with Crippen molar-refractivity contribution in [3.8, 4) is 0 Å². The third-order valence-electron chi connectivity index (χ3n) is 3.20. The molecule has 1 aromatic heterocycles. The topological polar surface area (TPSA) is 66.9 Å². The molecule has 2 N–H and O–H groups in total. The van der Waals surface area contributed by atoms with E-state index in [0.29, 0.717) is 22.0 Å². The maximum atomic E-state index is 13.5. The number of anilines is 3. The van der Waals surface area contributed by atoms with E-state index in [1.54, 1.807) is 48.5 Å². The summed E-state index contributed by atoms with van der Waals surface area (Å²) in [6.07, 6.45) is 2.32. The Bertz CT molecular complexity index is 870. The van der Waals surface area contributed by atoms with Crippen LogP contribution in [0.2, 0.25) is 5.02 Å². The van der Waals surface area contributed by atoms with Crippen molar-refractivity contribution in [2.45, 2.75) is 0 Å². The van der Waals surface area contributed by atoms with Gasteiger partial charge in [-0.3, -0.25) is 4.79 Å². The first-order chi connectivity index (χ1) is 11.6. The Balaban J connectivity index is 1.71. The molecule has 0 radical (unpaired) electrons. The number of para-hydroxylation sites is 1. The first kappa shape index (κ1) is 15.9. The van der Waals surface area contributed by atoms with Gasteiger partial charge in [-0.15, -0.1) is 0 Å². The zero-order valence-corrected chi connectivity index (χ0v) is 13.1. The first-order valence-electron chi connectivity index (χ1n) is 7.02. The molecule has 7 heteroatoms. The summed E-state index contributed by atoms with van der Waals surface area (Å²) < 4.78 is 13.5. The summed E-state index contributed by atoms with van der Waals surface area (Å²) in [5, 5.41) is 6.01. The summed E-state index contributed by atoms with van der Waals surface area (Å²) in [5.74, 6) is -0.779. The van der Waals surface area contributed by atoms with Crippen molar-refractivity contribution in [1.29, 1.82) is 0 Å². The van der Waals surface area contributed by atoms with Gasteiger partial charge in [-0.1, -0.05) is 23.7 Å². The minimum Gasteiger partial charge on any atom is -0.338 e. The number of hydrogen-bond acceptors (Lipinski definition) is 4. The molecule has 24 heavy (non-hydrogen) atoms. The average Bonchev–Trinajstić information content (AvgIpc) is 2.59. The highest BCUT2D eigenvalue weighted by atomic mass is 35.5. The van der Waals surface area contributed by atoms with Crippen LogP contribution >= 0.6 is 11.6 Å². The fourth-order valence-electron chi connectivity index (χ4n) is 2.00. The molecule has 3 rings (SSSR count). The summed E-state index contributed by atoms with van der Waals surface area (Å²) in [6.45, 7) is 0. The Morgan fingerprint density at radius 2 is 1.83 bits per heavy atom. The predicted molar refractivity (Wildman–Crippen MR) is 91.1 cm³/mol. The van der Waals surface area contributed by atoms with Crippen molar-refractivity contribution >= 4 is 34.7 Å². The van der Waals surface area contributed by atoms with E-state index in [0.717, 1.165) is 6.20 Å². The van der Waals surface area contributed by atoms with E-state index in [2.05, 4.69) is 20.6 Å². The Morgan fingerprint density at radius 1 is 1.08 bits per heavy atom. The summed E-state index contributed by atoms with van der Waals surface area (Å²) >= 11 is 6.01. The fourth-order valence-corrected chi connectivity index (χ4v) is 2.19. The summed E-state index contributed by atoms with van der Waals surface area (Å²) in [7, 11) is 0.